The van der Waals surface area contributed by atoms with E-state index in [1.807, 2.05) is 7.05 Å². The summed E-state index contributed by atoms with van der Waals surface area (Å²) in [4.78, 5) is 2.37. The predicted octanol–water partition coefficient (Wildman–Crippen LogP) is -2.71. The van der Waals surface area contributed by atoms with Gasteiger partial charge in [-0.05, 0) is 18.8 Å². The van der Waals surface area contributed by atoms with Crippen LogP contribution in [0.2, 0.25) is 0 Å². The molecule has 4 aliphatic heterocycles. The van der Waals surface area contributed by atoms with Crippen LogP contribution in [0, 0.1) is 5.92 Å². The number of rotatable bonds is 5. The first kappa shape index (κ1) is 21.4. The van der Waals surface area contributed by atoms with Crippen LogP contribution in [0.15, 0.2) is 0 Å². The number of methoxy groups -OCH3 is 1. The van der Waals surface area contributed by atoms with Crippen molar-refractivity contribution in [2.45, 2.75) is 48.6 Å². The Kier molecular flexibility index (Phi) is 6.08. The topological polar surface area (TPSA) is 110 Å². The second kappa shape index (κ2) is 8.50. The molecule has 4 heterocycles. The third-order valence-corrected chi connectivity index (χ3v) is 9.33. The maximum Gasteiger partial charge on any atom is 0.217 e. The van der Waals surface area contributed by atoms with E-state index in [1.54, 1.807) is 7.11 Å². The van der Waals surface area contributed by atoms with E-state index in [9.17, 15) is 8.42 Å². The number of hydrogen-bond donors (Lipinski definition) is 4. The van der Waals surface area contributed by atoms with Crippen molar-refractivity contribution in [3.8, 4) is 0 Å². The van der Waals surface area contributed by atoms with E-state index in [2.05, 4.69) is 35.8 Å². The smallest absolute Gasteiger partial charge is 0.217 e. The zero-order valence-electron chi connectivity index (χ0n) is 17.8. The van der Waals surface area contributed by atoms with Gasteiger partial charge in [-0.15, -0.1) is 0 Å². The van der Waals surface area contributed by atoms with E-state index in [1.165, 1.54) is 0 Å². The van der Waals surface area contributed by atoms with Crippen molar-refractivity contribution >= 4 is 10.0 Å². The molecule has 0 aromatic heterocycles. The number of nitrogens with zero attached hydrogens (tertiary/aromatic N) is 3. The molecule has 12 heteroatoms. The molecule has 1 aliphatic carbocycles. The van der Waals surface area contributed by atoms with Crippen molar-refractivity contribution in [3.63, 3.8) is 0 Å². The first-order valence-electron chi connectivity index (χ1n) is 11.0. The lowest BCUT2D eigenvalue weighted by molar-refractivity contribution is -0.0450. The average molecular weight is 446 g/mol. The maximum atomic E-state index is 13.4. The largest absolute Gasteiger partial charge is 0.380 e. The Labute approximate surface area is 178 Å². The Morgan fingerprint density at radius 1 is 1.17 bits per heavy atom. The molecule has 0 bridgehead atoms. The minimum Gasteiger partial charge on any atom is -0.380 e. The lowest BCUT2D eigenvalue weighted by atomic mass is 9.80. The molecule has 0 aromatic carbocycles. The van der Waals surface area contributed by atoms with E-state index in [4.69, 9.17) is 9.47 Å². The number of hydrogen-bond acceptors (Lipinski definition) is 10. The molecule has 7 atom stereocenters. The molecule has 1 saturated carbocycles. The highest BCUT2D eigenvalue weighted by atomic mass is 32.2. The van der Waals surface area contributed by atoms with E-state index < -0.39 is 15.3 Å². The summed E-state index contributed by atoms with van der Waals surface area (Å²) in [5.74, 6) is 0.440. The third-order valence-electron chi connectivity index (χ3n) is 7.54. The van der Waals surface area contributed by atoms with Gasteiger partial charge < -0.3 is 9.47 Å². The van der Waals surface area contributed by atoms with Crippen molar-refractivity contribution in [1.82, 2.24) is 35.8 Å². The van der Waals surface area contributed by atoms with Gasteiger partial charge in [0.25, 0.3) is 0 Å². The van der Waals surface area contributed by atoms with Crippen LogP contribution < -0.4 is 20.9 Å². The molecule has 0 radical (unpaired) electrons. The van der Waals surface area contributed by atoms with Gasteiger partial charge in [-0.25, -0.2) is 23.2 Å². The summed E-state index contributed by atoms with van der Waals surface area (Å²) >= 11 is 0. The highest BCUT2D eigenvalue weighted by molar-refractivity contribution is 7.90. The molecule has 5 rings (SSSR count). The quantitative estimate of drug-likeness (QED) is 0.357. The lowest BCUT2D eigenvalue weighted by Gasteiger charge is -2.41. The fourth-order valence-corrected chi connectivity index (χ4v) is 7.40. The number of likely N-dealkylation sites (N-methyl/N-ethyl adjacent to an activating group) is 1. The first-order chi connectivity index (χ1) is 14.5. The molecule has 4 N–H and O–H groups in total. The zero-order valence-corrected chi connectivity index (χ0v) is 18.6. The van der Waals surface area contributed by atoms with E-state index >= 15 is 0 Å². The van der Waals surface area contributed by atoms with Crippen LogP contribution in [0.1, 0.15) is 12.8 Å². The number of morpholine rings is 1. The van der Waals surface area contributed by atoms with Gasteiger partial charge in [-0.1, -0.05) is 0 Å². The number of ether oxygens (including phenoxy) is 2. The van der Waals surface area contributed by atoms with Gasteiger partial charge in [0.2, 0.25) is 10.0 Å². The molecule has 7 unspecified atom stereocenters. The van der Waals surface area contributed by atoms with Gasteiger partial charge in [-0.3, -0.25) is 21.1 Å². The van der Waals surface area contributed by atoms with Crippen LogP contribution in [0.25, 0.3) is 0 Å². The summed E-state index contributed by atoms with van der Waals surface area (Å²) < 4.78 is 41.1. The normalized spacial score (nSPS) is 43.7. The molecule has 5 fully saturated rings. The van der Waals surface area contributed by atoms with Gasteiger partial charge in [0, 0.05) is 52.9 Å². The maximum absolute atomic E-state index is 13.4. The van der Waals surface area contributed by atoms with Crippen LogP contribution in [0.5, 0.6) is 0 Å². The monoisotopic (exact) mass is 445 g/mol. The molecular weight excluding hydrogens is 410 g/mol. The summed E-state index contributed by atoms with van der Waals surface area (Å²) in [6, 6.07) is -0.137. The predicted molar refractivity (Wildman–Crippen MR) is 111 cm³/mol. The first-order valence-corrected chi connectivity index (χ1v) is 12.6. The zero-order chi connectivity index (χ0) is 20.9. The van der Waals surface area contributed by atoms with Gasteiger partial charge in [-0.2, -0.15) is 0 Å². The van der Waals surface area contributed by atoms with Crippen molar-refractivity contribution in [2.75, 3.05) is 60.1 Å². The molecule has 0 aromatic rings. The van der Waals surface area contributed by atoms with Crippen molar-refractivity contribution in [1.29, 1.82) is 0 Å². The van der Waals surface area contributed by atoms with E-state index in [-0.39, 0.29) is 30.5 Å². The minimum absolute atomic E-state index is 0.108. The van der Waals surface area contributed by atoms with Crippen LogP contribution in [0.4, 0.5) is 0 Å². The van der Waals surface area contributed by atoms with Gasteiger partial charge in [0.05, 0.1) is 37.7 Å². The van der Waals surface area contributed by atoms with Crippen molar-refractivity contribution < 1.29 is 17.9 Å². The number of fused-ring (bicyclic) bond motifs is 2. The fraction of sp³-hybridized carbons (Fsp3) is 1.00. The Balaban J connectivity index is 1.26. The Morgan fingerprint density at radius 3 is 2.87 bits per heavy atom. The van der Waals surface area contributed by atoms with Gasteiger partial charge >= 0.3 is 0 Å². The number of nitrogens with one attached hydrogen (secondary N) is 4. The lowest BCUT2D eigenvalue weighted by Crippen LogP contribution is -2.61. The van der Waals surface area contributed by atoms with Crippen LogP contribution in [0.3, 0.4) is 0 Å². The SMILES string of the molecule is COC1CCC2CNN(C)C2C1NS(=O)(=O)C1CNN(C2CNC3COCCN32)C1. The second-order valence-electron chi connectivity index (χ2n) is 9.12. The highest BCUT2D eigenvalue weighted by Gasteiger charge is 2.49. The molecule has 0 amide bonds. The van der Waals surface area contributed by atoms with Crippen molar-refractivity contribution in [2.24, 2.45) is 5.92 Å². The third kappa shape index (κ3) is 3.81. The van der Waals surface area contributed by atoms with Crippen LogP contribution >= 0.6 is 0 Å². The Morgan fingerprint density at radius 2 is 2.03 bits per heavy atom. The Hall–Kier alpha value is -0.410. The van der Waals surface area contributed by atoms with E-state index in [0.29, 0.717) is 25.6 Å². The molecule has 30 heavy (non-hydrogen) atoms. The van der Waals surface area contributed by atoms with Gasteiger partial charge in [0.1, 0.15) is 5.25 Å². The Bertz CT molecular complexity index is 727. The molecular formula is C18H35N7O4S. The summed E-state index contributed by atoms with van der Waals surface area (Å²) in [5.41, 5.74) is 6.70. The molecule has 11 nitrogen and oxygen atoms in total. The van der Waals surface area contributed by atoms with Crippen LogP contribution in [-0.4, -0.2) is 119 Å². The number of hydrazine groups is 2. The molecule has 172 valence electrons. The van der Waals surface area contributed by atoms with Crippen molar-refractivity contribution in [3.05, 3.63) is 0 Å². The minimum atomic E-state index is -3.51. The highest BCUT2D eigenvalue weighted by Crippen LogP contribution is 2.33. The van der Waals surface area contributed by atoms with Gasteiger partial charge in [0.15, 0.2) is 0 Å². The molecule has 4 saturated heterocycles. The van der Waals surface area contributed by atoms with Crippen LogP contribution in [-0.2, 0) is 19.5 Å². The molecule has 5 aliphatic rings. The summed E-state index contributed by atoms with van der Waals surface area (Å²) in [7, 11) is 0.166. The second-order valence-corrected chi connectivity index (χ2v) is 11.1. The fourth-order valence-electron chi connectivity index (χ4n) is 5.88. The average Bonchev–Trinajstić information content (AvgIpc) is 3.46. The summed E-state index contributed by atoms with van der Waals surface area (Å²) in [6.07, 6.45) is 2.18. The van der Waals surface area contributed by atoms with E-state index in [0.717, 1.165) is 39.1 Å². The number of sulfonamides is 1. The summed E-state index contributed by atoms with van der Waals surface area (Å²) in [5, 5.41) is 7.13. The molecule has 0 spiro atoms. The summed E-state index contributed by atoms with van der Waals surface area (Å²) in [6.45, 7) is 4.84. The standard InChI is InChI=1S/C18H35N7O4S/c1-23-18-12(7-20-23)3-4-14(28-2)17(18)22-30(26,27)13-8-21-25(10-13)16-9-19-15-11-29-6-5-24(15)16/h12-22H,3-11H2,1-2H3.